The molecule has 0 fully saturated rings. The first-order chi connectivity index (χ1) is 10.8. The number of phenols is 1. The Morgan fingerprint density at radius 3 is 2.09 bits per heavy atom. The van der Waals surface area contributed by atoms with Crippen molar-refractivity contribution in [1.29, 1.82) is 0 Å². The fraction of sp³-hybridized carbons (Fsp3) is 0.263. The van der Waals surface area contributed by atoms with Crippen LogP contribution in [0.1, 0.15) is 12.5 Å². The first kappa shape index (κ1) is 16.1. The predicted octanol–water partition coefficient (Wildman–Crippen LogP) is 3.46. The molecule has 2 aromatic carbocycles. The van der Waals surface area contributed by atoms with Crippen LogP contribution in [0.3, 0.4) is 0 Å². The molecular formula is C19H20O3. The lowest BCUT2D eigenvalue weighted by Gasteiger charge is -2.02. The van der Waals surface area contributed by atoms with Gasteiger partial charge in [-0.3, -0.25) is 0 Å². The Bertz CT molecular complexity index is 618. The van der Waals surface area contributed by atoms with Crippen molar-refractivity contribution >= 4 is 0 Å². The molecular weight excluding hydrogens is 276 g/mol. The highest BCUT2D eigenvalue weighted by atomic mass is 16.5. The lowest BCUT2D eigenvalue weighted by molar-refractivity contribution is 0.0662. The number of hydrogen-bond donors (Lipinski definition) is 1. The highest BCUT2D eigenvalue weighted by molar-refractivity contribution is 5.65. The van der Waals surface area contributed by atoms with Gasteiger partial charge in [-0.15, -0.1) is 0 Å². The Morgan fingerprint density at radius 2 is 1.45 bits per heavy atom. The average Bonchev–Trinajstić information content (AvgIpc) is 2.55. The van der Waals surface area contributed by atoms with Crippen LogP contribution in [0.25, 0.3) is 11.1 Å². The minimum absolute atomic E-state index is 0.274. The van der Waals surface area contributed by atoms with Gasteiger partial charge in [0.15, 0.2) is 0 Å². The number of ether oxygens (including phenoxy) is 2. The Kier molecular flexibility index (Phi) is 6.50. The van der Waals surface area contributed by atoms with E-state index in [1.807, 2.05) is 43.3 Å². The van der Waals surface area contributed by atoms with Gasteiger partial charge in [0, 0.05) is 12.2 Å². The molecule has 2 rings (SSSR count). The third-order valence-electron chi connectivity index (χ3n) is 3.07. The minimum atomic E-state index is 0.274. The molecule has 0 aliphatic carbocycles. The van der Waals surface area contributed by atoms with Gasteiger partial charge in [-0.2, -0.15) is 0 Å². The minimum Gasteiger partial charge on any atom is -0.508 e. The summed E-state index contributed by atoms with van der Waals surface area (Å²) in [5, 5.41) is 9.30. The standard InChI is InChI=1S/C19H20O3/c1-2-21-14-15-22-13-3-4-16-5-7-17(8-6-16)18-9-11-19(20)12-10-18/h5-12,20H,2,13-15H2,1H3. The van der Waals surface area contributed by atoms with Gasteiger partial charge in [-0.05, 0) is 42.3 Å². The van der Waals surface area contributed by atoms with Crippen LogP contribution in [0.5, 0.6) is 5.75 Å². The molecule has 0 saturated carbocycles. The van der Waals surface area contributed by atoms with Crippen LogP contribution in [0.15, 0.2) is 48.5 Å². The van der Waals surface area contributed by atoms with Crippen LogP contribution in [0, 0.1) is 11.8 Å². The summed E-state index contributed by atoms with van der Waals surface area (Å²) in [4.78, 5) is 0. The summed E-state index contributed by atoms with van der Waals surface area (Å²) in [6, 6.07) is 15.2. The molecule has 0 bridgehead atoms. The second-order valence-electron chi connectivity index (χ2n) is 4.68. The summed E-state index contributed by atoms with van der Waals surface area (Å²) in [6.45, 7) is 4.26. The highest BCUT2D eigenvalue weighted by Crippen LogP contribution is 2.21. The van der Waals surface area contributed by atoms with Gasteiger partial charge in [-0.25, -0.2) is 0 Å². The number of phenolic OH excluding ortho intramolecular Hbond substituents is 1. The zero-order chi connectivity index (χ0) is 15.6. The van der Waals surface area contributed by atoms with Crippen molar-refractivity contribution in [2.75, 3.05) is 26.4 Å². The van der Waals surface area contributed by atoms with Crippen LogP contribution in [0.2, 0.25) is 0 Å². The van der Waals surface area contributed by atoms with Gasteiger partial charge in [0.05, 0.1) is 13.2 Å². The van der Waals surface area contributed by atoms with E-state index in [2.05, 4.69) is 11.8 Å². The maximum atomic E-state index is 9.30. The normalized spacial score (nSPS) is 10.0. The van der Waals surface area contributed by atoms with Crippen molar-refractivity contribution in [2.45, 2.75) is 6.92 Å². The maximum absolute atomic E-state index is 9.30. The predicted molar refractivity (Wildman–Crippen MR) is 87.7 cm³/mol. The van der Waals surface area contributed by atoms with E-state index in [-0.39, 0.29) is 5.75 Å². The first-order valence-electron chi connectivity index (χ1n) is 7.33. The van der Waals surface area contributed by atoms with Crippen LogP contribution >= 0.6 is 0 Å². The topological polar surface area (TPSA) is 38.7 Å². The first-order valence-corrected chi connectivity index (χ1v) is 7.33. The summed E-state index contributed by atoms with van der Waals surface area (Å²) < 4.78 is 10.5. The molecule has 0 aliphatic heterocycles. The van der Waals surface area contributed by atoms with E-state index in [1.54, 1.807) is 12.1 Å². The molecule has 3 nitrogen and oxygen atoms in total. The molecule has 0 atom stereocenters. The summed E-state index contributed by atoms with van der Waals surface area (Å²) in [5.41, 5.74) is 3.12. The number of hydrogen-bond acceptors (Lipinski definition) is 3. The van der Waals surface area contributed by atoms with Gasteiger partial charge in [0.2, 0.25) is 0 Å². The molecule has 3 heteroatoms. The van der Waals surface area contributed by atoms with Crippen molar-refractivity contribution in [3.05, 3.63) is 54.1 Å². The molecule has 0 aliphatic rings. The molecule has 2 aromatic rings. The van der Waals surface area contributed by atoms with Crippen LogP contribution < -0.4 is 0 Å². The van der Waals surface area contributed by atoms with E-state index in [4.69, 9.17) is 9.47 Å². The molecule has 1 N–H and O–H groups in total. The summed E-state index contributed by atoms with van der Waals surface area (Å²) in [6.07, 6.45) is 0. The van der Waals surface area contributed by atoms with E-state index >= 15 is 0 Å². The molecule has 0 spiro atoms. The van der Waals surface area contributed by atoms with E-state index in [0.29, 0.717) is 26.4 Å². The van der Waals surface area contributed by atoms with Crippen molar-refractivity contribution in [2.24, 2.45) is 0 Å². The largest absolute Gasteiger partial charge is 0.508 e. The van der Waals surface area contributed by atoms with Crippen molar-refractivity contribution in [3.63, 3.8) is 0 Å². The van der Waals surface area contributed by atoms with Crippen LogP contribution in [-0.4, -0.2) is 31.5 Å². The summed E-state index contributed by atoms with van der Waals surface area (Å²) in [7, 11) is 0. The maximum Gasteiger partial charge on any atom is 0.115 e. The number of benzene rings is 2. The van der Waals surface area contributed by atoms with Gasteiger partial charge in [-0.1, -0.05) is 36.1 Å². The lowest BCUT2D eigenvalue weighted by atomic mass is 10.0. The lowest BCUT2D eigenvalue weighted by Crippen LogP contribution is -2.03. The molecule has 0 amide bonds. The fourth-order valence-electron chi connectivity index (χ4n) is 1.92. The number of rotatable bonds is 6. The molecule has 0 heterocycles. The van der Waals surface area contributed by atoms with E-state index < -0.39 is 0 Å². The monoisotopic (exact) mass is 296 g/mol. The summed E-state index contributed by atoms with van der Waals surface area (Å²) in [5.74, 6) is 6.33. The molecule has 0 radical (unpaired) electrons. The Hall–Kier alpha value is -2.28. The summed E-state index contributed by atoms with van der Waals surface area (Å²) >= 11 is 0. The average molecular weight is 296 g/mol. The van der Waals surface area contributed by atoms with E-state index in [0.717, 1.165) is 16.7 Å². The third-order valence-corrected chi connectivity index (χ3v) is 3.07. The molecule has 0 unspecified atom stereocenters. The van der Waals surface area contributed by atoms with Crippen molar-refractivity contribution in [3.8, 4) is 28.7 Å². The van der Waals surface area contributed by atoms with Crippen molar-refractivity contribution < 1.29 is 14.6 Å². The Morgan fingerprint density at radius 1 is 0.864 bits per heavy atom. The van der Waals surface area contributed by atoms with Crippen LogP contribution in [-0.2, 0) is 9.47 Å². The molecule has 0 aromatic heterocycles. The zero-order valence-electron chi connectivity index (χ0n) is 12.7. The zero-order valence-corrected chi connectivity index (χ0v) is 12.7. The Balaban J connectivity index is 1.86. The SMILES string of the molecule is CCOCCOCC#Cc1ccc(-c2ccc(O)cc2)cc1. The van der Waals surface area contributed by atoms with E-state index in [1.165, 1.54) is 0 Å². The van der Waals surface area contributed by atoms with Gasteiger partial charge in [0.25, 0.3) is 0 Å². The van der Waals surface area contributed by atoms with Crippen LogP contribution in [0.4, 0.5) is 0 Å². The second-order valence-corrected chi connectivity index (χ2v) is 4.68. The third kappa shape index (κ3) is 5.25. The number of aromatic hydroxyl groups is 1. The van der Waals surface area contributed by atoms with E-state index in [9.17, 15) is 5.11 Å². The fourth-order valence-corrected chi connectivity index (χ4v) is 1.92. The smallest absolute Gasteiger partial charge is 0.115 e. The second kappa shape index (κ2) is 8.89. The Labute approximate surface area is 131 Å². The molecule has 114 valence electrons. The molecule has 0 saturated heterocycles. The molecule has 22 heavy (non-hydrogen) atoms. The highest BCUT2D eigenvalue weighted by Gasteiger charge is 1.97. The van der Waals surface area contributed by atoms with Gasteiger partial charge < -0.3 is 14.6 Å². The quantitative estimate of drug-likeness (QED) is 0.655. The van der Waals surface area contributed by atoms with Gasteiger partial charge in [0.1, 0.15) is 12.4 Å². The van der Waals surface area contributed by atoms with Gasteiger partial charge >= 0.3 is 0 Å². The van der Waals surface area contributed by atoms with Crippen molar-refractivity contribution in [1.82, 2.24) is 0 Å².